The fourth-order valence-electron chi connectivity index (χ4n) is 0.736. The summed E-state index contributed by atoms with van der Waals surface area (Å²) >= 11 is 0. The van der Waals surface area contributed by atoms with Gasteiger partial charge in [0.15, 0.2) is 0 Å². The second kappa shape index (κ2) is 4.33. The maximum atomic E-state index is 10.8. The molecule has 2 unspecified atom stereocenters. The van der Waals surface area contributed by atoms with Gasteiger partial charge in [0.1, 0.15) is 0 Å². The summed E-state index contributed by atoms with van der Waals surface area (Å²) in [4.78, 5) is 19.4. The van der Waals surface area contributed by atoms with Crippen LogP contribution in [0.2, 0.25) is 0 Å². The zero-order valence-electron chi connectivity index (χ0n) is 7.11. The van der Waals surface area contributed by atoms with Crippen molar-refractivity contribution in [1.82, 2.24) is 0 Å². The van der Waals surface area contributed by atoms with Crippen LogP contribution in [-0.2, 0) is 14.1 Å². The molecule has 0 heterocycles. The molecule has 0 saturated heterocycles. The first-order chi connectivity index (χ1) is 5.42. The maximum Gasteiger partial charge on any atom is 0.554 e. The lowest BCUT2D eigenvalue weighted by atomic mass is 10.3. The Labute approximate surface area is 72.1 Å². The quantitative estimate of drug-likeness (QED) is 0.416. The summed E-state index contributed by atoms with van der Waals surface area (Å²) < 4.78 is 15.5. The number of hydrogen-bond acceptors (Lipinski definition) is 3. The van der Waals surface area contributed by atoms with Gasteiger partial charge in [0.25, 0.3) is 0 Å². The Morgan fingerprint density at radius 2 is 2.33 bits per heavy atom. The minimum Gasteiger partial charge on any atom is -0.411 e. The monoisotopic (exact) mass is 191 g/mol. The Morgan fingerprint density at radius 3 is 2.58 bits per heavy atom. The molecule has 0 aliphatic heterocycles. The SMILES string of the molecule is C=CCC(C)(OC(C)=O)[P+](=O)O. The van der Waals surface area contributed by atoms with Crippen molar-refractivity contribution < 1.29 is 19.0 Å². The van der Waals surface area contributed by atoms with E-state index in [0.29, 0.717) is 0 Å². The van der Waals surface area contributed by atoms with Gasteiger partial charge in [0.05, 0.1) is 6.42 Å². The summed E-state index contributed by atoms with van der Waals surface area (Å²) in [6.45, 7) is 6.00. The van der Waals surface area contributed by atoms with Gasteiger partial charge >= 0.3 is 19.3 Å². The molecule has 5 heteroatoms. The maximum absolute atomic E-state index is 10.8. The Morgan fingerprint density at radius 1 is 1.83 bits per heavy atom. The Kier molecular flexibility index (Phi) is 4.07. The minimum absolute atomic E-state index is 0.165. The van der Waals surface area contributed by atoms with Gasteiger partial charge in [0.2, 0.25) is 0 Å². The number of hydrogen-bond donors (Lipinski definition) is 1. The summed E-state index contributed by atoms with van der Waals surface area (Å²) in [6, 6.07) is 0. The Balaban J connectivity index is 4.49. The molecule has 0 fully saturated rings. The van der Waals surface area contributed by atoms with E-state index in [1.165, 1.54) is 19.9 Å². The van der Waals surface area contributed by atoms with Crippen molar-refractivity contribution in [3.63, 3.8) is 0 Å². The third-order valence-electron chi connectivity index (χ3n) is 1.29. The molecule has 0 aromatic rings. The molecular weight excluding hydrogens is 179 g/mol. The van der Waals surface area contributed by atoms with Crippen LogP contribution in [0.15, 0.2) is 12.7 Å². The fraction of sp³-hybridized carbons (Fsp3) is 0.571. The molecule has 0 aliphatic rings. The molecule has 0 bridgehead atoms. The Hall–Kier alpha value is -0.730. The zero-order chi connectivity index (χ0) is 9.78. The van der Waals surface area contributed by atoms with Crippen LogP contribution in [0.3, 0.4) is 0 Å². The summed E-state index contributed by atoms with van der Waals surface area (Å²) in [6.07, 6.45) is 1.60. The predicted octanol–water partition coefficient (Wildman–Crippen LogP) is 1.58. The Bertz CT molecular complexity index is 213. The molecule has 12 heavy (non-hydrogen) atoms. The largest absolute Gasteiger partial charge is 0.554 e. The van der Waals surface area contributed by atoms with E-state index in [0.717, 1.165) is 0 Å². The highest BCUT2D eigenvalue weighted by molar-refractivity contribution is 7.39. The van der Waals surface area contributed by atoms with Gasteiger partial charge in [-0.25, -0.2) is 0 Å². The lowest BCUT2D eigenvalue weighted by Crippen LogP contribution is -2.25. The second-order valence-corrected chi connectivity index (χ2v) is 4.03. The van der Waals surface area contributed by atoms with E-state index in [1.54, 1.807) is 0 Å². The number of carbonyl (C=O) groups is 1. The highest BCUT2D eigenvalue weighted by Gasteiger charge is 2.46. The summed E-state index contributed by atoms with van der Waals surface area (Å²) in [5, 5.41) is -1.33. The normalized spacial score (nSPS) is 16.1. The molecule has 0 spiro atoms. The molecule has 1 N–H and O–H groups in total. The average molecular weight is 191 g/mol. The number of rotatable bonds is 4. The van der Waals surface area contributed by atoms with Gasteiger partial charge in [-0.2, -0.15) is 4.89 Å². The van der Waals surface area contributed by atoms with Crippen LogP contribution in [0.4, 0.5) is 0 Å². The first-order valence-corrected chi connectivity index (χ1v) is 4.60. The molecule has 0 aliphatic carbocycles. The molecule has 68 valence electrons. The highest BCUT2D eigenvalue weighted by atomic mass is 31.1. The van der Waals surface area contributed by atoms with Crippen molar-refractivity contribution in [2.24, 2.45) is 0 Å². The summed E-state index contributed by atoms with van der Waals surface area (Å²) in [7, 11) is -2.55. The molecule has 0 saturated carbocycles. The lowest BCUT2D eigenvalue weighted by molar-refractivity contribution is -0.148. The summed E-state index contributed by atoms with van der Waals surface area (Å²) in [5.41, 5.74) is 0. The third kappa shape index (κ3) is 3.11. The topological polar surface area (TPSA) is 63.6 Å². The lowest BCUT2D eigenvalue weighted by Gasteiger charge is -2.13. The number of carbonyl (C=O) groups excluding carboxylic acids is 1. The second-order valence-electron chi connectivity index (χ2n) is 2.53. The van der Waals surface area contributed by atoms with Crippen LogP contribution in [0.5, 0.6) is 0 Å². The van der Waals surface area contributed by atoms with Gasteiger partial charge in [-0.1, -0.05) is 6.08 Å². The van der Waals surface area contributed by atoms with E-state index in [1.807, 2.05) is 0 Å². The van der Waals surface area contributed by atoms with Crippen LogP contribution >= 0.6 is 8.03 Å². The van der Waals surface area contributed by atoms with Crippen molar-refractivity contribution in [2.75, 3.05) is 0 Å². The van der Waals surface area contributed by atoms with E-state index in [2.05, 4.69) is 6.58 Å². The average Bonchev–Trinajstić information content (AvgIpc) is 1.85. The van der Waals surface area contributed by atoms with Crippen molar-refractivity contribution >= 4 is 14.0 Å². The molecule has 0 amide bonds. The van der Waals surface area contributed by atoms with Gasteiger partial charge < -0.3 is 4.74 Å². The van der Waals surface area contributed by atoms with Crippen LogP contribution in [0, 0.1) is 0 Å². The van der Waals surface area contributed by atoms with Crippen LogP contribution in [0.25, 0.3) is 0 Å². The first kappa shape index (κ1) is 11.3. The molecular formula is C7H12O4P+. The molecule has 0 aromatic carbocycles. The standard InChI is InChI=1S/C7H11O4P/c1-4-5-7(3,12(9)10)11-6(2)8/h4H,1,5H2,2-3H3/p+1. The van der Waals surface area contributed by atoms with Crippen LogP contribution in [-0.4, -0.2) is 16.2 Å². The zero-order valence-corrected chi connectivity index (χ0v) is 8.01. The van der Waals surface area contributed by atoms with Crippen molar-refractivity contribution in [3.05, 3.63) is 12.7 Å². The molecule has 4 nitrogen and oxygen atoms in total. The van der Waals surface area contributed by atoms with Crippen molar-refractivity contribution in [1.29, 1.82) is 0 Å². The van der Waals surface area contributed by atoms with E-state index >= 15 is 0 Å². The van der Waals surface area contributed by atoms with E-state index in [9.17, 15) is 9.36 Å². The third-order valence-corrected chi connectivity index (χ3v) is 2.37. The van der Waals surface area contributed by atoms with Crippen LogP contribution < -0.4 is 0 Å². The van der Waals surface area contributed by atoms with Gasteiger partial charge in [-0.15, -0.1) is 6.58 Å². The first-order valence-electron chi connectivity index (χ1n) is 3.39. The molecule has 0 radical (unpaired) electrons. The number of ether oxygens (including phenoxy) is 1. The molecule has 0 aromatic heterocycles. The summed E-state index contributed by atoms with van der Waals surface area (Å²) in [5.74, 6) is -0.572. The molecule has 0 rings (SSSR count). The van der Waals surface area contributed by atoms with E-state index in [-0.39, 0.29) is 6.42 Å². The van der Waals surface area contributed by atoms with E-state index in [4.69, 9.17) is 9.63 Å². The van der Waals surface area contributed by atoms with E-state index < -0.39 is 19.3 Å². The highest BCUT2D eigenvalue weighted by Crippen LogP contribution is 2.39. The van der Waals surface area contributed by atoms with Crippen molar-refractivity contribution in [3.8, 4) is 0 Å². The minimum atomic E-state index is -2.55. The van der Waals surface area contributed by atoms with Gasteiger partial charge in [-0.3, -0.25) is 4.79 Å². The molecule has 2 atom stereocenters. The predicted molar refractivity (Wildman–Crippen MR) is 44.8 cm³/mol. The number of esters is 1. The smallest absolute Gasteiger partial charge is 0.411 e. The van der Waals surface area contributed by atoms with Gasteiger partial charge in [0, 0.05) is 13.8 Å². The van der Waals surface area contributed by atoms with Gasteiger partial charge in [-0.05, 0) is 4.57 Å². The van der Waals surface area contributed by atoms with Crippen molar-refractivity contribution in [2.45, 2.75) is 25.6 Å². The fourth-order valence-corrected chi connectivity index (χ4v) is 1.23. The van der Waals surface area contributed by atoms with Crippen LogP contribution in [0.1, 0.15) is 20.3 Å².